The predicted octanol–water partition coefficient (Wildman–Crippen LogP) is 4.79. The fourth-order valence-corrected chi connectivity index (χ4v) is 2.85. The van der Waals surface area contributed by atoms with E-state index in [-0.39, 0.29) is 6.17 Å². The van der Waals surface area contributed by atoms with Gasteiger partial charge in [-0.2, -0.15) is 0 Å². The van der Waals surface area contributed by atoms with Crippen LogP contribution in [0.4, 0.5) is 5.82 Å². The van der Waals surface area contributed by atoms with Crippen LogP contribution in [0.25, 0.3) is 11.0 Å². The van der Waals surface area contributed by atoms with Gasteiger partial charge in [0.1, 0.15) is 17.5 Å². The maximum atomic E-state index is 6.03. The van der Waals surface area contributed by atoms with Crippen LogP contribution in [-0.2, 0) is 0 Å². The smallest absolute Gasteiger partial charge is 0.150 e. The molecule has 0 bridgehead atoms. The molecule has 7 heteroatoms. The van der Waals surface area contributed by atoms with Gasteiger partial charge in [0, 0.05) is 11.2 Å². The minimum Gasteiger partial charge on any atom is -0.345 e. The number of nitrogens with one attached hydrogen (secondary N) is 1. The quantitative estimate of drug-likeness (QED) is 0.561. The van der Waals surface area contributed by atoms with Crippen LogP contribution in [-0.4, -0.2) is 20.0 Å². The van der Waals surface area contributed by atoms with Crippen molar-refractivity contribution in [3.05, 3.63) is 82.5 Å². The Hall–Kier alpha value is -2.63. The van der Waals surface area contributed by atoms with Gasteiger partial charge in [0.25, 0.3) is 0 Å². The van der Waals surface area contributed by atoms with Gasteiger partial charge in [-0.1, -0.05) is 52.7 Å². The first-order valence-electron chi connectivity index (χ1n) is 7.64. The topological polar surface area (TPSA) is 55.6 Å². The van der Waals surface area contributed by atoms with Crippen LogP contribution < -0.4 is 5.32 Å². The highest BCUT2D eigenvalue weighted by Crippen LogP contribution is 2.25. The molecule has 2 aromatic heterocycles. The zero-order valence-electron chi connectivity index (χ0n) is 13.0. The first-order chi connectivity index (χ1) is 12.2. The standard InChI is InChI=1S/C18H13Cl2N5/c19-13-7-5-12(6-8-13)18(22-17-10-9-14(20)11-21-17)25-16-4-2-1-3-15(16)23-24-25/h1-11,18H,(H,21,22). The SMILES string of the molecule is Clc1ccc(C(Nc2ccc(Cl)cn2)n2nnc3ccccc32)cc1. The molecule has 1 N–H and O–H groups in total. The number of halogens is 2. The molecule has 2 heterocycles. The van der Waals surface area contributed by atoms with E-state index in [1.54, 1.807) is 12.3 Å². The average Bonchev–Trinajstić information content (AvgIpc) is 3.06. The minimum atomic E-state index is -0.293. The van der Waals surface area contributed by atoms with Gasteiger partial charge in [-0.25, -0.2) is 9.67 Å². The Kier molecular flexibility index (Phi) is 4.26. The molecule has 0 aliphatic rings. The zero-order valence-corrected chi connectivity index (χ0v) is 14.5. The van der Waals surface area contributed by atoms with E-state index >= 15 is 0 Å². The highest BCUT2D eigenvalue weighted by molar-refractivity contribution is 6.30. The molecule has 0 aliphatic heterocycles. The number of rotatable bonds is 4. The highest BCUT2D eigenvalue weighted by atomic mass is 35.5. The van der Waals surface area contributed by atoms with Crippen molar-refractivity contribution in [1.82, 2.24) is 20.0 Å². The first kappa shape index (κ1) is 15.9. The molecule has 0 spiro atoms. The summed E-state index contributed by atoms with van der Waals surface area (Å²) in [5.74, 6) is 0.684. The van der Waals surface area contributed by atoms with Crippen LogP contribution in [0, 0.1) is 0 Å². The molecule has 0 radical (unpaired) electrons. The van der Waals surface area contributed by atoms with E-state index in [0.717, 1.165) is 16.6 Å². The minimum absolute atomic E-state index is 0.293. The normalized spacial score (nSPS) is 12.2. The van der Waals surface area contributed by atoms with Crippen molar-refractivity contribution < 1.29 is 0 Å². The Balaban J connectivity index is 1.80. The number of hydrogen-bond donors (Lipinski definition) is 1. The molecule has 124 valence electrons. The second-order valence-corrected chi connectivity index (χ2v) is 6.36. The van der Waals surface area contributed by atoms with Crippen LogP contribution in [0.15, 0.2) is 66.9 Å². The van der Waals surface area contributed by atoms with Gasteiger partial charge in [0.2, 0.25) is 0 Å². The number of benzene rings is 2. The van der Waals surface area contributed by atoms with E-state index in [0.29, 0.717) is 15.9 Å². The molecule has 0 saturated heterocycles. The molecule has 2 aromatic carbocycles. The monoisotopic (exact) mass is 369 g/mol. The lowest BCUT2D eigenvalue weighted by Crippen LogP contribution is -2.21. The summed E-state index contributed by atoms with van der Waals surface area (Å²) in [5.41, 5.74) is 2.73. The predicted molar refractivity (Wildman–Crippen MR) is 100.0 cm³/mol. The third-order valence-corrected chi connectivity index (χ3v) is 4.30. The van der Waals surface area contributed by atoms with E-state index in [9.17, 15) is 0 Å². The summed E-state index contributed by atoms with van der Waals surface area (Å²) in [6, 6.07) is 19.0. The summed E-state index contributed by atoms with van der Waals surface area (Å²) in [6.07, 6.45) is 1.31. The highest BCUT2D eigenvalue weighted by Gasteiger charge is 2.18. The molecule has 0 aliphatic carbocycles. The van der Waals surface area contributed by atoms with Gasteiger partial charge in [-0.3, -0.25) is 0 Å². The maximum Gasteiger partial charge on any atom is 0.150 e. The third-order valence-electron chi connectivity index (χ3n) is 3.82. The fraction of sp³-hybridized carbons (Fsp3) is 0.0556. The van der Waals surface area contributed by atoms with E-state index in [1.807, 2.05) is 59.3 Å². The number of fused-ring (bicyclic) bond motifs is 1. The number of aromatic nitrogens is 4. The van der Waals surface area contributed by atoms with Gasteiger partial charge >= 0.3 is 0 Å². The molecule has 1 atom stereocenters. The van der Waals surface area contributed by atoms with Crippen LogP contribution in [0.5, 0.6) is 0 Å². The molecular weight excluding hydrogens is 357 g/mol. The number of pyridine rings is 1. The number of para-hydroxylation sites is 1. The van der Waals surface area contributed by atoms with Crippen LogP contribution >= 0.6 is 23.2 Å². The number of hydrogen-bond acceptors (Lipinski definition) is 4. The maximum absolute atomic E-state index is 6.03. The zero-order chi connectivity index (χ0) is 17.2. The van der Waals surface area contributed by atoms with Crippen molar-refractivity contribution in [1.29, 1.82) is 0 Å². The molecule has 4 aromatic rings. The van der Waals surface area contributed by atoms with Gasteiger partial charge < -0.3 is 5.32 Å². The summed E-state index contributed by atoms with van der Waals surface area (Å²) in [4.78, 5) is 4.32. The fourth-order valence-electron chi connectivity index (χ4n) is 2.61. The first-order valence-corrected chi connectivity index (χ1v) is 8.40. The summed E-state index contributed by atoms with van der Waals surface area (Å²) < 4.78 is 1.83. The second-order valence-electron chi connectivity index (χ2n) is 5.48. The molecule has 0 saturated carbocycles. The van der Waals surface area contributed by atoms with Gasteiger partial charge in [0.05, 0.1) is 10.5 Å². The van der Waals surface area contributed by atoms with Crippen molar-refractivity contribution in [3.63, 3.8) is 0 Å². The van der Waals surface area contributed by atoms with Crippen molar-refractivity contribution in [2.45, 2.75) is 6.17 Å². The number of anilines is 1. The summed E-state index contributed by atoms with van der Waals surface area (Å²) >= 11 is 12.0. The van der Waals surface area contributed by atoms with Crippen LogP contribution in [0.2, 0.25) is 10.0 Å². The Morgan fingerprint density at radius 3 is 2.40 bits per heavy atom. The van der Waals surface area contributed by atoms with E-state index in [2.05, 4.69) is 20.6 Å². The lowest BCUT2D eigenvalue weighted by atomic mass is 10.1. The molecule has 0 fully saturated rings. The van der Waals surface area contributed by atoms with Crippen molar-refractivity contribution in [2.24, 2.45) is 0 Å². The Labute approximate surface area is 154 Å². The Bertz CT molecular complexity index is 996. The Morgan fingerprint density at radius 2 is 1.64 bits per heavy atom. The molecule has 1 unspecified atom stereocenters. The lowest BCUT2D eigenvalue weighted by Gasteiger charge is -2.20. The number of nitrogens with zero attached hydrogens (tertiary/aromatic N) is 4. The second kappa shape index (κ2) is 6.70. The Morgan fingerprint density at radius 1 is 0.880 bits per heavy atom. The average molecular weight is 370 g/mol. The van der Waals surface area contributed by atoms with Crippen molar-refractivity contribution in [3.8, 4) is 0 Å². The van der Waals surface area contributed by atoms with Crippen molar-refractivity contribution >= 4 is 40.1 Å². The van der Waals surface area contributed by atoms with Crippen molar-refractivity contribution in [2.75, 3.05) is 5.32 Å². The van der Waals surface area contributed by atoms with Crippen LogP contribution in [0.1, 0.15) is 11.7 Å². The van der Waals surface area contributed by atoms with Gasteiger partial charge in [-0.05, 0) is 42.0 Å². The largest absolute Gasteiger partial charge is 0.345 e. The summed E-state index contributed by atoms with van der Waals surface area (Å²) in [7, 11) is 0. The summed E-state index contributed by atoms with van der Waals surface area (Å²) in [5, 5.41) is 13.2. The summed E-state index contributed by atoms with van der Waals surface area (Å²) in [6.45, 7) is 0. The van der Waals surface area contributed by atoms with E-state index in [1.165, 1.54) is 0 Å². The van der Waals surface area contributed by atoms with E-state index in [4.69, 9.17) is 23.2 Å². The van der Waals surface area contributed by atoms with Gasteiger partial charge in [-0.15, -0.1) is 5.10 Å². The third kappa shape index (κ3) is 3.29. The van der Waals surface area contributed by atoms with Gasteiger partial charge in [0.15, 0.2) is 0 Å². The van der Waals surface area contributed by atoms with E-state index < -0.39 is 0 Å². The lowest BCUT2D eigenvalue weighted by molar-refractivity contribution is 0.569. The molecule has 25 heavy (non-hydrogen) atoms. The molecule has 0 amide bonds. The molecular formula is C18H13Cl2N5. The molecule has 4 rings (SSSR count). The van der Waals surface area contributed by atoms with Crippen LogP contribution in [0.3, 0.4) is 0 Å². The molecule has 5 nitrogen and oxygen atoms in total.